The lowest BCUT2D eigenvalue weighted by atomic mass is 9.74. The molecule has 0 bridgehead atoms. The Morgan fingerprint density at radius 2 is 2.10 bits per heavy atom. The lowest BCUT2D eigenvalue weighted by Crippen LogP contribution is -2.55. The van der Waals surface area contributed by atoms with Gasteiger partial charge in [-0.25, -0.2) is 4.79 Å². The summed E-state index contributed by atoms with van der Waals surface area (Å²) >= 11 is 5.99. The maximum atomic E-state index is 12.0. The predicted molar refractivity (Wildman–Crippen MR) is 77.2 cm³/mol. The molecule has 1 aliphatic rings. The quantitative estimate of drug-likeness (QED) is 0.798. The van der Waals surface area contributed by atoms with Crippen molar-refractivity contribution in [2.24, 2.45) is 0 Å². The van der Waals surface area contributed by atoms with Crippen molar-refractivity contribution in [3.8, 4) is 0 Å². The fourth-order valence-corrected chi connectivity index (χ4v) is 2.55. The lowest BCUT2D eigenvalue weighted by molar-refractivity contribution is -0.139. The number of hydrogen-bond donors (Lipinski definition) is 3. The molecule has 0 aliphatic heterocycles. The number of rotatable bonds is 4. The fraction of sp³-hybridized carbons (Fsp3) is 0.429. The Bertz CT molecular complexity index is 541. The Hall–Kier alpha value is -1.75. The maximum absolute atomic E-state index is 12.0. The van der Waals surface area contributed by atoms with Gasteiger partial charge < -0.3 is 15.7 Å². The molecular formula is C14H17ClN2O3. The van der Waals surface area contributed by atoms with Crippen molar-refractivity contribution in [3.05, 3.63) is 28.8 Å². The van der Waals surface area contributed by atoms with Crippen LogP contribution in [0.2, 0.25) is 5.02 Å². The second-order valence-corrected chi connectivity index (χ2v) is 5.60. The summed E-state index contributed by atoms with van der Waals surface area (Å²) in [5, 5.41) is 15.0. The first-order chi connectivity index (χ1) is 9.42. The molecule has 2 rings (SSSR count). The summed E-state index contributed by atoms with van der Waals surface area (Å²) < 4.78 is 0. The van der Waals surface area contributed by atoms with Crippen molar-refractivity contribution in [3.63, 3.8) is 0 Å². The van der Waals surface area contributed by atoms with Gasteiger partial charge in [-0.2, -0.15) is 0 Å². The van der Waals surface area contributed by atoms with Gasteiger partial charge in [0.25, 0.3) is 0 Å². The molecule has 1 saturated carbocycles. The van der Waals surface area contributed by atoms with Gasteiger partial charge in [0.15, 0.2) is 0 Å². The summed E-state index contributed by atoms with van der Waals surface area (Å²) in [5.41, 5.74) is 0.799. The molecule has 0 aromatic heterocycles. The van der Waals surface area contributed by atoms with E-state index in [-0.39, 0.29) is 6.42 Å². The number of carboxylic acid groups (broad SMARTS) is 1. The Labute approximate surface area is 122 Å². The highest BCUT2D eigenvalue weighted by atomic mass is 35.5. The first kappa shape index (κ1) is 14.7. The van der Waals surface area contributed by atoms with Crippen molar-refractivity contribution < 1.29 is 14.7 Å². The molecule has 1 aliphatic carbocycles. The van der Waals surface area contributed by atoms with Gasteiger partial charge in [0.05, 0.1) is 12.0 Å². The van der Waals surface area contributed by atoms with Crippen LogP contribution in [0.5, 0.6) is 0 Å². The van der Waals surface area contributed by atoms with E-state index in [1.807, 2.05) is 6.92 Å². The van der Waals surface area contributed by atoms with E-state index in [1.165, 1.54) is 0 Å². The van der Waals surface area contributed by atoms with Crippen molar-refractivity contribution in [2.45, 2.75) is 38.1 Å². The highest BCUT2D eigenvalue weighted by molar-refractivity contribution is 6.31. The molecule has 5 nitrogen and oxygen atoms in total. The number of halogens is 1. The number of anilines is 1. The van der Waals surface area contributed by atoms with E-state index in [0.29, 0.717) is 23.6 Å². The first-order valence-electron chi connectivity index (χ1n) is 6.48. The van der Waals surface area contributed by atoms with Gasteiger partial charge in [-0.3, -0.25) is 4.79 Å². The zero-order chi connectivity index (χ0) is 14.8. The highest BCUT2D eigenvalue weighted by Gasteiger charge is 2.40. The van der Waals surface area contributed by atoms with Gasteiger partial charge in [0.1, 0.15) is 0 Å². The second kappa shape index (κ2) is 5.71. The Morgan fingerprint density at radius 3 is 2.65 bits per heavy atom. The summed E-state index contributed by atoms with van der Waals surface area (Å²) in [6.07, 6.45) is 2.28. The van der Waals surface area contributed by atoms with E-state index < -0.39 is 17.5 Å². The highest BCUT2D eigenvalue weighted by Crippen LogP contribution is 2.35. The first-order valence-corrected chi connectivity index (χ1v) is 6.86. The monoisotopic (exact) mass is 296 g/mol. The Kier molecular flexibility index (Phi) is 4.18. The number of aliphatic carboxylic acids is 1. The van der Waals surface area contributed by atoms with E-state index in [0.717, 1.165) is 12.0 Å². The number of amides is 2. The number of hydrogen-bond acceptors (Lipinski definition) is 2. The molecule has 0 atom stereocenters. The van der Waals surface area contributed by atoms with E-state index >= 15 is 0 Å². The molecule has 0 radical (unpaired) electrons. The molecule has 1 aromatic rings. The average Bonchev–Trinajstić information content (AvgIpc) is 2.31. The normalized spacial score (nSPS) is 16.1. The molecular weight excluding hydrogens is 280 g/mol. The van der Waals surface area contributed by atoms with Crippen LogP contribution in [0.1, 0.15) is 31.2 Å². The van der Waals surface area contributed by atoms with Crippen molar-refractivity contribution >= 4 is 29.3 Å². The number of carbonyl (C=O) groups excluding carboxylic acids is 1. The molecule has 108 valence electrons. The van der Waals surface area contributed by atoms with Crippen LogP contribution in [0.15, 0.2) is 18.2 Å². The minimum Gasteiger partial charge on any atom is -0.481 e. The number of benzene rings is 1. The zero-order valence-corrected chi connectivity index (χ0v) is 12.0. The predicted octanol–water partition coefficient (Wildman–Crippen LogP) is 3.17. The zero-order valence-electron chi connectivity index (χ0n) is 11.2. The van der Waals surface area contributed by atoms with E-state index in [4.69, 9.17) is 16.7 Å². The SMILES string of the molecule is Cc1c(Cl)cccc1NC(=O)NC1(CC(=O)O)CCC1. The largest absolute Gasteiger partial charge is 0.481 e. The standard InChI is InChI=1S/C14H17ClN2O3/c1-9-10(15)4-2-5-11(9)16-13(20)17-14(6-3-7-14)8-12(18)19/h2,4-5H,3,6-8H2,1H3,(H,18,19)(H2,16,17,20). The van der Waals surface area contributed by atoms with E-state index in [9.17, 15) is 9.59 Å². The van der Waals surface area contributed by atoms with Crippen LogP contribution in [0.4, 0.5) is 10.5 Å². The van der Waals surface area contributed by atoms with Crippen molar-refractivity contribution in [1.29, 1.82) is 0 Å². The van der Waals surface area contributed by atoms with Crippen LogP contribution in [-0.2, 0) is 4.79 Å². The van der Waals surface area contributed by atoms with Crippen LogP contribution in [0, 0.1) is 6.92 Å². The van der Waals surface area contributed by atoms with Crippen LogP contribution in [-0.4, -0.2) is 22.6 Å². The molecule has 6 heteroatoms. The lowest BCUT2D eigenvalue weighted by Gasteiger charge is -2.41. The summed E-state index contributed by atoms with van der Waals surface area (Å²) in [6, 6.07) is 4.86. The van der Waals surface area contributed by atoms with Gasteiger partial charge >= 0.3 is 12.0 Å². The minimum absolute atomic E-state index is 0.0467. The number of carboxylic acids is 1. The molecule has 0 spiro atoms. The second-order valence-electron chi connectivity index (χ2n) is 5.20. The third-order valence-corrected chi connectivity index (χ3v) is 4.10. The van der Waals surface area contributed by atoms with E-state index in [2.05, 4.69) is 10.6 Å². The molecule has 2 amide bonds. The summed E-state index contributed by atoms with van der Waals surface area (Å²) in [4.78, 5) is 22.9. The minimum atomic E-state index is -0.899. The van der Waals surface area contributed by atoms with Crippen molar-refractivity contribution in [1.82, 2.24) is 5.32 Å². The molecule has 0 saturated heterocycles. The molecule has 1 fully saturated rings. The third-order valence-electron chi connectivity index (χ3n) is 3.69. The topological polar surface area (TPSA) is 78.4 Å². The molecule has 1 aromatic carbocycles. The van der Waals surface area contributed by atoms with Crippen LogP contribution in [0.3, 0.4) is 0 Å². The van der Waals surface area contributed by atoms with Gasteiger partial charge in [0, 0.05) is 10.7 Å². The van der Waals surface area contributed by atoms with Crippen molar-refractivity contribution in [2.75, 3.05) is 5.32 Å². The van der Waals surface area contributed by atoms with Gasteiger partial charge in [0.2, 0.25) is 0 Å². The molecule has 0 heterocycles. The summed E-state index contributed by atoms with van der Waals surface area (Å²) in [7, 11) is 0. The van der Waals surface area contributed by atoms with E-state index in [1.54, 1.807) is 18.2 Å². The molecule has 20 heavy (non-hydrogen) atoms. The summed E-state index contributed by atoms with van der Waals surface area (Å²) in [5.74, 6) is -0.899. The van der Waals surface area contributed by atoms with Crippen LogP contribution in [0.25, 0.3) is 0 Å². The number of nitrogens with one attached hydrogen (secondary N) is 2. The maximum Gasteiger partial charge on any atom is 0.319 e. The number of carbonyl (C=O) groups is 2. The van der Waals surface area contributed by atoms with Gasteiger partial charge in [-0.15, -0.1) is 0 Å². The number of urea groups is 1. The van der Waals surface area contributed by atoms with Gasteiger partial charge in [-0.1, -0.05) is 17.7 Å². The Morgan fingerprint density at radius 1 is 1.40 bits per heavy atom. The van der Waals surface area contributed by atoms with Gasteiger partial charge in [-0.05, 0) is 43.9 Å². The molecule has 3 N–H and O–H groups in total. The fourth-order valence-electron chi connectivity index (χ4n) is 2.38. The third kappa shape index (κ3) is 3.22. The summed E-state index contributed by atoms with van der Waals surface area (Å²) in [6.45, 7) is 1.81. The Balaban J connectivity index is 2.02. The molecule has 0 unspecified atom stereocenters. The van der Waals surface area contributed by atoms with Crippen LogP contribution < -0.4 is 10.6 Å². The average molecular weight is 297 g/mol. The van der Waals surface area contributed by atoms with Crippen LogP contribution >= 0.6 is 11.6 Å². The smallest absolute Gasteiger partial charge is 0.319 e.